The summed E-state index contributed by atoms with van der Waals surface area (Å²) in [4.78, 5) is 2.52. The van der Waals surface area contributed by atoms with Crippen molar-refractivity contribution in [2.45, 2.75) is 59.1 Å². The lowest BCUT2D eigenvalue weighted by Gasteiger charge is -2.27. The summed E-state index contributed by atoms with van der Waals surface area (Å²) in [5, 5.41) is 10.4. The van der Waals surface area contributed by atoms with E-state index in [4.69, 9.17) is 0 Å². The first-order valence-electron chi connectivity index (χ1n) is 7.96. The molecule has 1 N–H and O–H groups in total. The summed E-state index contributed by atoms with van der Waals surface area (Å²) in [5.74, 6) is 0.913. The summed E-state index contributed by atoms with van der Waals surface area (Å²) in [6.07, 6.45) is 3.27. The zero-order chi connectivity index (χ0) is 14.7. The highest BCUT2D eigenvalue weighted by molar-refractivity contribution is 5.29. The molecule has 1 aliphatic rings. The molecule has 0 aliphatic heterocycles. The van der Waals surface area contributed by atoms with Gasteiger partial charge in [-0.3, -0.25) is 0 Å². The Hall–Kier alpha value is -0.860. The molecule has 0 aromatic heterocycles. The second-order valence-electron chi connectivity index (χ2n) is 6.76. The standard InChI is InChI=1S/C18H29NO/c1-13(2)19(12-16-5-6-16)8-7-18(20)17-10-14(3)9-15(4)11-17/h9-11,13,16,18,20H,5-8,12H2,1-4H3. The van der Waals surface area contributed by atoms with Crippen LogP contribution >= 0.6 is 0 Å². The van der Waals surface area contributed by atoms with Gasteiger partial charge in [-0.05, 0) is 58.4 Å². The fourth-order valence-corrected chi connectivity index (χ4v) is 2.85. The second-order valence-corrected chi connectivity index (χ2v) is 6.76. The fourth-order valence-electron chi connectivity index (χ4n) is 2.85. The van der Waals surface area contributed by atoms with Gasteiger partial charge < -0.3 is 10.0 Å². The molecule has 0 spiro atoms. The van der Waals surface area contributed by atoms with Crippen molar-refractivity contribution in [1.82, 2.24) is 4.90 Å². The maximum absolute atomic E-state index is 10.4. The highest BCUT2D eigenvalue weighted by Gasteiger charge is 2.25. The number of aliphatic hydroxyl groups is 1. The van der Waals surface area contributed by atoms with Gasteiger partial charge in [-0.25, -0.2) is 0 Å². The van der Waals surface area contributed by atoms with Gasteiger partial charge in [-0.1, -0.05) is 29.3 Å². The Morgan fingerprint density at radius 3 is 2.25 bits per heavy atom. The number of rotatable bonds is 7. The first-order chi connectivity index (χ1) is 9.45. The third-order valence-electron chi connectivity index (χ3n) is 4.24. The van der Waals surface area contributed by atoms with Crippen LogP contribution in [0.2, 0.25) is 0 Å². The molecule has 20 heavy (non-hydrogen) atoms. The fraction of sp³-hybridized carbons (Fsp3) is 0.667. The molecule has 1 aliphatic carbocycles. The monoisotopic (exact) mass is 275 g/mol. The van der Waals surface area contributed by atoms with Crippen LogP contribution in [0.4, 0.5) is 0 Å². The van der Waals surface area contributed by atoms with Crippen LogP contribution in [0.3, 0.4) is 0 Å². The summed E-state index contributed by atoms with van der Waals surface area (Å²) < 4.78 is 0. The van der Waals surface area contributed by atoms with Crippen molar-refractivity contribution in [2.75, 3.05) is 13.1 Å². The van der Waals surface area contributed by atoms with E-state index in [1.165, 1.54) is 30.5 Å². The molecule has 112 valence electrons. The van der Waals surface area contributed by atoms with Crippen LogP contribution in [-0.4, -0.2) is 29.1 Å². The summed E-state index contributed by atoms with van der Waals surface area (Å²) in [7, 11) is 0. The predicted molar refractivity (Wildman–Crippen MR) is 84.9 cm³/mol. The van der Waals surface area contributed by atoms with Crippen LogP contribution in [0.5, 0.6) is 0 Å². The lowest BCUT2D eigenvalue weighted by atomic mass is 10.0. The van der Waals surface area contributed by atoms with Crippen molar-refractivity contribution < 1.29 is 5.11 Å². The van der Waals surface area contributed by atoms with E-state index in [-0.39, 0.29) is 6.10 Å². The third kappa shape index (κ3) is 4.60. The van der Waals surface area contributed by atoms with E-state index < -0.39 is 0 Å². The first kappa shape index (κ1) is 15.5. The molecular weight excluding hydrogens is 246 g/mol. The molecule has 0 saturated heterocycles. The molecule has 0 radical (unpaired) electrons. The molecule has 2 heteroatoms. The van der Waals surface area contributed by atoms with Crippen LogP contribution in [0.15, 0.2) is 18.2 Å². The SMILES string of the molecule is Cc1cc(C)cc(C(O)CCN(CC2CC2)C(C)C)c1. The molecule has 1 aromatic carbocycles. The van der Waals surface area contributed by atoms with Gasteiger partial charge in [0.25, 0.3) is 0 Å². The minimum atomic E-state index is -0.339. The van der Waals surface area contributed by atoms with Crippen LogP contribution in [0, 0.1) is 19.8 Å². The Labute approximate surface area is 123 Å². The molecule has 1 saturated carbocycles. The summed E-state index contributed by atoms with van der Waals surface area (Å²) in [6, 6.07) is 6.95. The van der Waals surface area contributed by atoms with Gasteiger partial charge in [-0.2, -0.15) is 0 Å². The summed E-state index contributed by atoms with van der Waals surface area (Å²) >= 11 is 0. The predicted octanol–water partition coefficient (Wildman–Crippen LogP) is 3.85. The zero-order valence-electron chi connectivity index (χ0n) is 13.4. The van der Waals surface area contributed by atoms with Gasteiger partial charge in [0.15, 0.2) is 0 Å². The van der Waals surface area contributed by atoms with Gasteiger partial charge in [0.2, 0.25) is 0 Å². The average molecular weight is 275 g/mol. The van der Waals surface area contributed by atoms with Gasteiger partial charge in [0.05, 0.1) is 6.10 Å². The molecule has 0 bridgehead atoms. The Morgan fingerprint density at radius 2 is 1.75 bits per heavy atom. The lowest BCUT2D eigenvalue weighted by molar-refractivity contribution is 0.127. The van der Waals surface area contributed by atoms with E-state index in [2.05, 4.69) is 50.8 Å². The quantitative estimate of drug-likeness (QED) is 0.817. The Kier molecular flexibility index (Phi) is 5.22. The van der Waals surface area contributed by atoms with Crippen molar-refractivity contribution in [3.05, 3.63) is 34.9 Å². The molecule has 1 fully saturated rings. The molecule has 2 rings (SSSR count). The van der Waals surface area contributed by atoms with Crippen molar-refractivity contribution in [3.63, 3.8) is 0 Å². The molecule has 2 nitrogen and oxygen atoms in total. The summed E-state index contributed by atoms with van der Waals surface area (Å²) in [6.45, 7) is 10.9. The van der Waals surface area contributed by atoms with E-state index in [0.717, 1.165) is 24.4 Å². The van der Waals surface area contributed by atoms with E-state index in [1.54, 1.807) is 0 Å². The number of aliphatic hydroxyl groups excluding tert-OH is 1. The molecule has 1 atom stereocenters. The van der Waals surface area contributed by atoms with Crippen LogP contribution in [0.1, 0.15) is 55.9 Å². The van der Waals surface area contributed by atoms with Gasteiger partial charge in [0.1, 0.15) is 0 Å². The minimum Gasteiger partial charge on any atom is -0.388 e. The van der Waals surface area contributed by atoms with Crippen molar-refractivity contribution in [1.29, 1.82) is 0 Å². The Balaban J connectivity index is 1.90. The molecule has 0 heterocycles. The Morgan fingerprint density at radius 1 is 1.15 bits per heavy atom. The largest absolute Gasteiger partial charge is 0.388 e. The minimum absolute atomic E-state index is 0.339. The third-order valence-corrected chi connectivity index (χ3v) is 4.24. The highest BCUT2D eigenvalue weighted by Crippen LogP contribution is 2.30. The number of nitrogens with zero attached hydrogens (tertiary/aromatic N) is 1. The van der Waals surface area contributed by atoms with Gasteiger partial charge >= 0.3 is 0 Å². The van der Waals surface area contributed by atoms with Gasteiger partial charge in [-0.15, -0.1) is 0 Å². The number of hydrogen-bond acceptors (Lipinski definition) is 2. The van der Waals surface area contributed by atoms with E-state index >= 15 is 0 Å². The summed E-state index contributed by atoms with van der Waals surface area (Å²) in [5.41, 5.74) is 3.54. The maximum Gasteiger partial charge on any atom is 0.0802 e. The first-order valence-corrected chi connectivity index (χ1v) is 7.96. The smallest absolute Gasteiger partial charge is 0.0802 e. The Bertz CT molecular complexity index is 417. The van der Waals surface area contributed by atoms with Gasteiger partial charge in [0, 0.05) is 19.1 Å². The maximum atomic E-state index is 10.4. The van der Waals surface area contributed by atoms with Crippen LogP contribution in [-0.2, 0) is 0 Å². The van der Waals surface area contributed by atoms with E-state index in [9.17, 15) is 5.11 Å². The average Bonchev–Trinajstić information content (AvgIpc) is 3.16. The number of aryl methyl sites for hydroxylation is 2. The molecule has 1 aromatic rings. The van der Waals surface area contributed by atoms with Crippen molar-refractivity contribution in [2.24, 2.45) is 5.92 Å². The lowest BCUT2D eigenvalue weighted by Crippen LogP contribution is -2.34. The molecule has 0 amide bonds. The molecular formula is C18H29NO. The van der Waals surface area contributed by atoms with Crippen LogP contribution < -0.4 is 0 Å². The normalized spacial score (nSPS) is 16.9. The van der Waals surface area contributed by atoms with Crippen molar-refractivity contribution in [3.8, 4) is 0 Å². The van der Waals surface area contributed by atoms with E-state index in [1.807, 2.05) is 0 Å². The number of hydrogen-bond donors (Lipinski definition) is 1. The number of benzene rings is 1. The topological polar surface area (TPSA) is 23.5 Å². The second kappa shape index (κ2) is 6.73. The van der Waals surface area contributed by atoms with E-state index in [0.29, 0.717) is 6.04 Å². The van der Waals surface area contributed by atoms with Crippen molar-refractivity contribution >= 4 is 0 Å². The zero-order valence-corrected chi connectivity index (χ0v) is 13.4. The van der Waals surface area contributed by atoms with Crippen LogP contribution in [0.25, 0.3) is 0 Å². The molecule has 1 unspecified atom stereocenters. The highest BCUT2D eigenvalue weighted by atomic mass is 16.3.